The number of urea groups is 1. The molecule has 0 aliphatic rings. The molecule has 0 bridgehead atoms. The van der Waals surface area contributed by atoms with Crippen LogP contribution in [0.5, 0.6) is 5.75 Å². The van der Waals surface area contributed by atoms with E-state index in [1.807, 2.05) is 0 Å². The van der Waals surface area contributed by atoms with E-state index in [2.05, 4.69) is 15.4 Å². The van der Waals surface area contributed by atoms with Crippen LogP contribution < -0.4 is 20.1 Å². The van der Waals surface area contributed by atoms with Gasteiger partial charge in [0.2, 0.25) is 5.91 Å². The lowest BCUT2D eigenvalue weighted by molar-refractivity contribution is -0.114. The summed E-state index contributed by atoms with van der Waals surface area (Å²) in [5.74, 6) is 0.280. The van der Waals surface area contributed by atoms with Gasteiger partial charge in [-0.1, -0.05) is 23.2 Å². The number of amides is 3. The number of hydrogen-bond acceptors (Lipinski definition) is 4. The third-order valence-electron chi connectivity index (χ3n) is 3.29. The van der Waals surface area contributed by atoms with Gasteiger partial charge >= 0.3 is 6.03 Å². The Kier molecular flexibility index (Phi) is 7.02. The molecular formula is C17H17Cl2N3O3S. The van der Waals surface area contributed by atoms with Crippen molar-refractivity contribution in [1.82, 2.24) is 4.72 Å². The summed E-state index contributed by atoms with van der Waals surface area (Å²) >= 11 is 13.4. The molecule has 0 radical (unpaired) electrons. The van der Waals surface area contributed by atoms with Crippen molar-refractivity contribution in [2.45, 2.75) is 18.7 Å². The lowest BCUT2D eigenvalue weighted by atomic mass is 10.2. The second kappa shape index (κ2) is 9.02. The Balaban J connectivity index is 2.00. The molecule has 3 N–H and O–H groups in total. The van der Waals surface area contributed by atoms with Gasteiger partial charge < -0.3 is 15.4 Å². The van der Waals surface area contributed by atoms with Gasteiger partial charge in [-0.25, -0.2) is 4.79 Å². The summed E-state index contributed by atoms with van der Waals surface area (Å²) in [6.07, 6.45) is 0. The molecule has 138 valence electrons. The van der Waals surface area contributed by atoms with Crippen molar-refractivity contribution in [3.05, 3.63) is 45.9 Å². The van der Waals surface area contributed by atoms with E-state index >= 15 is 0 Å². The van der Waals surface area contributed by atoms with Crippen LogP contribution >= 0.6 is 35.1 Å². The van der Waals surface area contributed by atoms with Crippen LogP contribution in [0.25, 0.3) is 0 Å². The number of methoxy groups -OCH3 is 1. The smallest absolute Gasteiger partial charge is 0.329 e. The highest BCUT2D eigenvalue weighted by molar-refractivity contribution is 7.98. The van der Waals surface area contributed by atoms with Crippen LogP contribution in [0, 0.1) is 6.92 Å². The van der Waals surface area contributed by atoms with Crippen LogP contribution in [0.1, 0.15) is 12.5 Å². The van der Waals surface area contributed by atoms with E-state index in [1.54, 1.807) is 37.3 Å². The van der Waals surface area contributed by atoms with Gasteiger partial charge in [0.25, 0.3) is 0 Å². The zero-order valence-corrected chi connectivity index (χ0v) is 16.6. The molecule has 0 unspecified atom stereocenters. The predicted molar refractivity (Wildman–Crippen MR) is 107 cm³/mol. The first-order valence-corrected chi connectivity index (χ1v) is 9.03. The van der Waals surface area contributed by atoms with E-state index in [4.69, 9.17) is 27.9 Å². The minimum Gasteiger partial charge on any atom is -0.494 e. The molecule has 0 aromatic heterocycles. The minimum atomic E-state index is -0.433. The van der Waals surface area contributed by atoms with Crippen LogP contribution in [0.3, 0.4) is 0 Å². The number of carbonyl (C=O) groups is 2. The molecule has 26 heavy (non-hydrogen) atoms. The fraction of sp³-hybridized carbons (Fsp3) is 0.176. The summed E-state index contributed by atoms with van der Waals surface area (Å²) in [4.78, 5) is 23.6. The number of anilines is 2. The van der Waals surface area contributed by atoms with Gasteiger partial charge in [0.1, 0.15) is 0 Å². The maximum absolute atomic E-state index is 12.1. The van der Waals surface area contributed by atoms with Crippen molar-refractivity contribution in [3.8, 4) is 5.75 Å². The molecule has 6 nitrogen and oxygen atoms in total. The maximum atomic E-state index is 12.1. The van der Waals surface area contributed by atoms with E-state index in [0.29, 0.717) is 37.6 Å². The molecule has 0 aliphatic heterocycles. The number of hydrogen-bond donors (Lipinski definition) is 3. The first kappa shape index (κ1) is 20.2. The fourth-order valence-corrected chi connectivity index (χ4v) is 3.40. The topological polar surface area (TPSA) is 79.5 Å². The lowest BCUT2D eigenvalue weighted by Crippen LogP contribution is -2.22. The number of ether oxygens (including phenoxy) is 1. The van der Waals surface area contributed by atoms with Crippen LogP contribution in [0.4, 0.5) is 16.2 Å². The Morgan fingerprint density at radius 2 is 1.65 bits per heavy atom. The van der Waals surface area contributed by atoms with Gasteiger partial charge in [0.15, 0.2) is 5.75 Å². The second-order valence-corrected chi connectivity index (χ2v) is 6.88. The van der Waals surface area contributed by atoms with Gasteiger partial charge in [-0.05, 0) is 54.8 Å². The quantitative estimate of drug-likeness (QED) is 0.595. The largest absolute Gasteiger partial charge is 0.494 e. The lowest BCUT2D eigenvalue weighted by Gasteiger charge is -2.14. The highest BCUT2D eigenvalue weighted by Gasteiger charge is 2.15. The number of carbonyl (C=O) groups excluding carboxylic acids is 2. The maximum Gasteiger partial charge on any atom is 0.329 e. The van der Waals surface area contributed by atoms with Crippen molar-refractivity contribution >= 4 is 58.5 Å². The predicted octanol–water partition coefficient (Wildman–Crippen LogP) is 5.10. The molecule has 2 aromatic carbocycles. The second-order valence-electron chi connectivity index (χ2n) is 5.25. The van der Waals surface area contributed by atoms with Crippen molar-refractivity contribution < 1.29 is 14.3 Å². The van der Waals surface area contributed by atoms with Gasteiger partial charge in [0, 0.05) is 23.3 Å². The van der Waals surface area contributed by atoms with Crippen molar-refractivity contribution in [2.24, 2.45) is 0 Å². The number of halogens is 2. The molecule has 9 heteroatoms. The Morgan fingerprint density at radius 1 is 1.08 bits per heavy atom. The average Bonchev–Trinajstić information content (AvgIpc) is 2.59. The minimum absolute atomic E-state index is 0.163. The zero-order chi connectivity index (χ0) is 19.3. The monoisotopic (exact) mass is 413 g/mol. The van der Waals surface area contributed by atoms with Crippen molar-refractivity contribution in [2.75, 3.05) is 17.7 Å². The van der Waals surface area contributed by atoms with Gasteiger partial charge in [-0.3, -0.25) is 9.52 Å². The Morgan fingerprint density at radius 3 is 2.19 bits per heavy atom. The highest BCUT2D eigenvalue weighted by Crippen LogP contribution is 2.40. The Hall–Kier alpha value is -2.09. The van der Waals surface area contributed by atoms with Crippen LogP contribution in [-0.2, 0) is 4.79 Å². The van der Waals surface area contributed by atoms with Gasteiger partial charge in [-0.2, -0.15) is 0 Å². The zero-order valence-electron chi connectivity index (χ0n) is 14.3. The van der Waals surface area contributed by atoms with E-state index in [9.17, 15) is 9.59 Å². The van der Waals surface area contributed by atoms with E-state index in [0.717, 1.165) is 11.9 Å². The summed E-state index contributed by atoms with van der Waals surface area (Å²) in [5.41, 5.74) is 1.92. The van der Waals surface area contributed by atoms with Gasteiger partial charge in [-0.15, -0.1) is 0 Å². The normalized spacial score (nSPS) is 10.2. The Labute approximate surface area is 165 Å². The van der Waals surface area contributed by atoms with Gasteiger partial charge in [0.05, 0.1) is 17.0 Å². The molecule has 0 spiro atoms. The molecule has 2 rings (SSSR count). The van der Waals surface area contributed by atoms with Crippen LogP contribution in [0.2, 0.25) is 10.0 Å². The number of benzene rings is 2. The summed E-state index contributed by atoms with van der Waals surface area (Å²) < 4.78 is 7.93. The van der Waals surface area contributed by atoms with Crippen molar-refractivity contribution in [1.29, 1.82) is 0 Å². The molecule has 0 atom stereocenters. The fourth-order valence-electron chi connectivity index (χ4n) is 2.04. The first-order chi connectivity index (χ1) is 12.3. The molecule has 2 aromatic rings. The molecule has 0 saturated heterocycles. The molecule has 0 aliphatic carbocycles. The standard InChI is InChI=1S/C17H17Cl2N3O3S/c1-9-13(18)8-14(16(25-3)15(9)19)26-22-17(24)21-12-6-4-11(5-7-12)20-10(2)23/h4-8H,1-3H3,(H,20,23)(H2,21,22,24). The van der Waals surface area contributed by atoms with E-state index in [1.165, 1.54) is 14.0 Å². The van der Waals surface area contributed by atoms with Crippen LogP contribution in [0.15, 0.2) is 35.2 Å². The van der Waals surface area contributed by atoms with E-state index < -0.39 is 6.03 Å². The third-order valence-corrected chi connectivity index (χ3v) is 4.95. The first-order valence-electron chi connectivity index (χ1n) is 7.46. The Bertz CT molecular complexity index is 829. The summed E-state index contributed by atoms with van der Waals surface area (Å²) in [7, 11) is 1.50. The molecule has 0 fully saturated rings. The molecule has 3 amide bonds. The molecule has 0 saturated carbocycles. The summed E-state index contributed by atoms with van der Waals surface area (Å²) in [5, 5.41) is 6.21. The third kappa shape index (κ3) is 5.20. The van der Waals surface area contributed by atoms with E-state index in [-0.39, 0.29) is 5.91 Å². The van der Waals surface area contributed by atoms with Crippen LogP contribution in [-0.4, -0.2) is 19.0 Å². The SMILES string of the molecule is COc1c(SNC(=O)Nc2ccc(NC(C)=O)cc2)cc(Cl)c(C)c1Cl. The highest BCUT2D eigenvalue weighted by atomic mass is 35.5. The summed E-state index contributed by atoms with van der Waals surface area (Å²) in [6, 6.07) is 7.97. The number of rotatable bonds is 5. The van der Waals surface area contributed by atoms with Crippen molar-refractivity contribution in [3.63, 3.8) is 0 Å². The summed E-state index contributed by atoms with van der Waals surface area (Å²) in [6.45, 7) is 3.21. The molecular weight excluding hydrogens is 397 g/mol. The molecule has 0 heterocycles. The average molecular weight is 414 g/mol. The number of nitrogens with one attached hydrogen (secondary N) is 3.